The van der Waals surface area contributed by atoms with Crippen molar-refractivity contribution in [2.24, 2.45) is 7.05 Å². The molecule has 0 spiro atoms. The summed E-state index contributed by atoms with van der Waals surface area (Å²) in [5, 5.41) is 9.27. The van der Waals surface area contributed by atoms with Crippen molar-refractivity contribution in [3.8, 4) is 0 Å². The standard InChI is InChI=1S/C15H16BrFN4O2/c1-8-14(9(2)21(3)20-8)19-13(22)7-18-15(23)11-6-10(16)4-5-12(11)17/h4-6H,7H2,1-3H3,(H,18,23)(H,19,22). The zero-order chi connectivity index (χ0) is 17.1. The molecule has 2 aromatic rings. The molecule has 122 valence electrons. The molecular weight excluding hydrogens is 367 g/mol. The Bertz CT molecular complexity index is 773. The molecule has 0 saturated carbocycles. The van der Waals surface area contributed by atoms with Crippen molar-refractivity contribution < 1.29 is 14.0 Å². The van der Waals surface area contributed by atoms with Crippen LogP contribution in [0.2, 0.25) is 0 Å². The van der Waals surface area contributed by atoms with Gasteiger partial charge in [-0.15, -0.1) is 0 Å². The Balaban J connectivity index is 1.99. The van der Waals surface area contributed by atoms with Gasteiger partial charge in [-0.3, -0.25) is 14.3 Å². The Morgan fingerprint density at radius 2 is 2.04 bits per heavy atom. The van der Waals surface area contributed by atoms with Gasteiger partial charge in [-0.2, -0.15) is 5.10 Å². The molecular formula is C15H16BrFN4O2. The quantitative estimate of drug-likeness (QED) is 0.851. The average molecular weight is 383 g/mol. The molecule has 0 fully saturated rings. The Morgan fingerprint density at radius 3 is 2.65 bits per heavy atom. The van der Waals surface area contributed by atoms with E-state index in [0.717, 1.165) is 5.69 Å². The number of aromatic nitrogens is 2. The molecule has 0 unspecified atom stereocenters. The molecule has 0 aliphatic rings. The van der Waals surface area contributed by atoms with Crippen LogP contribution in [0.15, 0.2) is 22.7 Å². The molecule has 0 aliphatic heterocycles. The lowest BCUT2D eigenvalue weighted by Crippen LogP contribution is -2.33. The van der Waals surface area contributed by atoms with E-state index in [1.165, 1.54) is 18.2 Å². The Labute approximate surface area is 141 Å². The predicted molar refractivity (Wildman–Crippen MR) is 87.7 cm³/mol. The van der Waals surface area contributed by atoms with Crippen molar-refractivity contribution in [3.63, 3.8) is 0 Å². The van der Waals surface area contributed by atoms with Crippen LogP contribution < -0.4 is 10.6 Å². The van der Waals surface area contributed by atoms with Gasteiger partial charge in [0.2, 0.25) is 5.91 Å². The van der Waals surface area contributed by atoms with Crippen molar-refractivity contribution in [1.29, 1.82) is 0 Å². The van der Waals surface area contributed by atoms with Crippen LogP contribution in [-0.2, 0) is 11.8 Å². The molecule has 2 N–H and O–H groups in total. The lowest BCUT2D eigenvalue weighted by molar-refractivity contribution is -0.115. The van der Waals surface area contributed by atoms with Crippen LogP contribution in [0.1, 0.15) is 21.7 Å². The van der Waals surface area contributed by atoms with Crippen molar-refractivity contribution in [2.45, 2.75) is 13.8 Å². The van der Waals surface area contributed by atoms with E-state index in [-0.39, 0.29) is 12.1 Å². The summed E-state index contributed by atoms with van der Waals surface area (Å²) in [4.78, 5) is 23.9. The highest BCUT2D eigenvalue weighted by Crippen LogP contribution is 2.18. The average Bonchev–Trinajstić information content (AvgIpc) is 2.73. The minimum atomic E-state index is -0.654. The highest BCUT2D eigenvalue weighted by Gasteiger charge is 2.15. The van der Waals surface area contributed by atoms with E-state index in [1.54, 1.807) is 18.7 Å². The first-order chi connectivity index (χ1) is 10.8. The zero-order valence-corrected chi connectivity index (χ0v) is 14.5. The Kier molecular flexibility index (Phi) is 5.15. The summed E-state index contributed by atoms with van der Waals surface area (Å²) in [5.74, 6) is -1.71. The number of hydrogen-bond donors (Lipinski definition) is 2. The minimum Gasteiger partial charge on any atom is -0.343 e. The van der Waals surface area contributed by atoms with Gasteiger partial charge in [0.1, 0.15) is 5.82 Å². The molecule has 0 atom stereocenters. The summed E-state index contributed by atoms with van der Waals surface area (Å²) in [6.07, 6.45) is 0. The third kappa shape index (κ3) is 3.95. The minimum absolute atomic E-state index is 0.124. The van der Waals surface area contributed by atoms with Crippen molar-refractivity contribution in [1.82, 2.24) is 15.1 Å². The maximum absolute atomic E-state index is 13.6. The maximum atomic E-state index is 13.6. The van der Waals surface area contributed by atoms with Gasteiger partial charge >= 0.3 is 0 Å². The Morgan fingerprint density at radius 1 is 1.35 bits per heavy atom. The molecule has 0 bridgehead atoms. The number of nitrogens with one attached hydrogen (secondary N) is 2. The summed E-state index contributed by atoms with van der Waals surface area (Å²) in [6.45, 7) is 3.34. The summed E-state index contributed by atoms with van der Waals surface area (Å²) in [6, 6.07) is 4.03. The fraction of sp³-hybridized carbons (Fsp3) is 0.267. The number of benzene rings is 1. The molecule has 1 heterocycles. The van der Waals surface area contributed by atoms with E-state index >= 15 is 0 Å². The number of anilines is 1. The molecule has 0 saturated heterocycles. The summed E-state index contributed by atoms with van der Waals surface area (Å²) in [7, 11) is 1.77. The van der Waals surface area contributed by atoms with Crippen LogP contribution in [0.3, 0.4) is 0 Å². The maximum Gasteiger partial charge on any atom is 0.254 e. The van der Waals surface area contributed by atoms with E-state index in [4.69, 9.17) is 0 Å². The second-order valence-corrected chi connectivity index (χ2v) is 5.94. The number of amides is 2. The first-order valence-corrected chi connectivity index (χ1v) is 7.62. The third-order valence-corrected chi connectivity index (χ3v) is 3.85. The van der Waals surface area contributed by atoms with Crippen molar-refractivity contribution >= 4 is 33.4 Å². The van der Waals surface area contributed by atoms with Gasteiger partial charge in [0.25, 0.3) is 5.91 Å². The second-order valence-electron chi connectivity index (χ2n) is 5.02. The fourth-order valence-electron chi connectivity index (χ4n) is 2.07. The van der Waals surface area contributed by atoms with Crippen molar-refractivity contribution in [3.05, 3.63) is 45.4 Å². The largest absolute Gasteiger partial charge is 0.343 e. The van der Waals surface area contributed by atoms with Gasteiger partial charge in [-0.1, -0.05) is 15.9 Å². The molecule has 2 rings (SSSR count). The SMILES string of the molecule is Cc1nn(C)c(C)c1NC(=O)CNC(=O)c1cc(Br)ccc1F. The van der Waals surface area contributed by atoms with Gasteiger partial charge in [0, 0.05) is 11.5 Å². The molecule has 1 aromatic heterocycles. The monoisotopic (exact) mass is 382 g/mol. The topological polar surface area (TPSA) is 76.0 Å². The predicted octanol–water partition coefficient (Wildman–Crippen LogP) is 2.31. The summed E-state index contributed by atoms with van der Waals surface area (Å²) in [5.41, 5.74) is 1.98. The number of halogens is 2. The van der Waals surface area contributed by atoms with E-state index in [2.05, 4.69) is 31.7 Å². The highest BCUT2D eigenvalue weighted by molar-refractivity contribution is 9.10. The molecule has 0 aliphatic carbocycles. The molecule has 8 heteroatoms. The lowest BCUT2D eigenvalue weighted by atomic mass is 10.2. The highest BCUT2D eigenvalue weighted by atomic mass is 79.9. The normalized spacial score (nSPS) is 10.5. The van der Waals surface area contributed by atoms with Crippen LogP contribution in [-0.4, -0.2) is 28.1 Å². The van der Waals surface area contributed by atoms with Crippen LogP contribution >= 0.6 is 15.9 Å². The molecule has 0 radical (unpaired) electrons. The molecule has 1 aromatic carbocycles. The third-order valence-electron chi connectivity index (χ3n) is 3.36. The van der Waals surface area contributed by atoms with Gasteiger partial charge in [0.15, 0.2) is 0 Å². The number of rotatable bonds is 4. The first kappa shape index (κ1) is 17.1. The zero-order valence-electron chi connectivity index (χ0n) is 12.9. The Hall–Kier alpha value is -2.22. The number of nitrogens with zero attached hydrogens (tertiary/aromatic N) is 2. The molecule has 6 nitrogen and oxygen atoms in total. The van der Waals surface area contributed by atoms with Crippen LogP contribution in [0.25, 0.3) is 0 Å². The number of hydrogen-bond acceptors (Lipinski definition) is 3. The number of carbonyl (C=O) groups is 2. The number of aryl methyl sites for hydroxylation is 2. The van der Waals surface area contributed by atoms with E-state index in [9.17, 15) is 14.0 Å². The van der Waals surface area contributed by atoms with E-state index < -0.39 is 17.6 Å². The van der Waals surface area contributed by atoms with Gasteiger partial charge in [0.05, 0.1) is 29.2 Å². The van der Waals surface area contributed by atoms with Crippen LogP contribution in [0.4, 0.5) is 10.1 Å². The smallest absolute Gasteiger partial charge is 0.254 e. The van der Waals surface area contributed by atoms with Gasteiger partial charge < -0.3 is 10.6 Å². The molecule has 23 heavy (non-hydrogen) atoms. The second kappa shape index (κ2) is 6.91. The van der Waals surface area contributed by atoms with Crippen molar-refractivity contribution in [2.75, 3.05) is 11.9 Å². The van der Waals surface area contributed by atoms with Gasteiger partial charge in [-0.25, -0.2) is 4.39 Å². The first-order valence-electron chi connectivity index (χ1n) is 6.83. The summed E-state index contributed by atoms with van der Waals surface area (Å²) < 4.78 is 15.8. The van der Waals surface area contributed by atoms with E-state index in [1.807, 2.05) is 6.92 Å². The fourth-order valence-corrected chi connectivity index (χ4v) is 2.43. The van der Waals surface area contributed by atoms with Gasteiger partial charge in [-0.05, 0) is 32.0 Å². The number of carbonyl (C=O) groups excluding carboxylic acids is 2. The summed E-state index contributed by atoms with van der Waals surface area (Å²) >= 11 is 3.17. The lowest BCUT2D eigenvalue weighted by Gasteiger charge is -2.08. The molecule has 2 amide bonds. The van der Waals surface area contributed by atoms with Crippen LogP contribution in [0.5, 0.6) is 0 Å². The van der Waals surface area contributed by atoms with Crippen LogP contribution in [0, 0.1) is 19.7 Å². The van der Waals surface area contributed by atoms with E-state index in [0.29, 0.717) is 15.9 Å².